The largest absolute Gasteiger partial charge is 0.461 e. The van der Waals surface area contributed by atoms with Crippen LogP contribution in [0.25, 0.3) is 0 Å². The lowest BCUT2D eigenvalue weighted by atomic mass is 9.69. The molecule has 0 bridgehead atoms. The lowest BCUT2D eigenvalue weighted by Crippen LogP contribution is -2.31. The molecule has 0 radical (unpaired) electrons. The van der Waals surface area contributed by atoms with E-state index in [1.807, 2.05) is 37.3 Å². The van der Waals surface area contributed by atoms with Gasteiger partial charge in [-0.15, -0.1) is 0 Å². The first-order chi connectivity index (χ1) is 13.0. The summed E-state index contributed by atoms with van der Waals surface area (Å²) in [6.07, 6.45) is 7.07. The Morgan fingerprint density at radius 1 is 1.22 bits per heavy atom. The molecular weight excluding hydrogens is 340 g/mol. The molecular formula is C23H30O4. The van der Waals surface area contributed by atoms with Crippen molar-refractivity contribution in [1.29, 1.82) is 0 Å². The van der Waals surface area contributed by atoms with E-state index in [0.29, 0.717) is 12.3 Å². The number of ether oxygens (including phenoxy) is 2. The zero-order chi connectivity index (χ0) is 19.3. The molecule has 27 heavy (non-hydrogen) atoms. The summed E-state index contributed by atoms with van der Waals surface area (Å²) in [7, 11) is 0. The Labute approximate surface area is 161 Å². The molecule has 0 aromatic heterocycles. The monoisotopic (exact) mass is 370 g/mol. The zero-order valence-electron chi connectivity index (χ0n) is 16.2. The van der Waals surface area contributed by atoms with Gasteiger partial charge in [-0.05, 0) is 29.9 Å². The van der Waals surface area contributed by atoms with Gasteiger partial charge in [0.05, 0.1) is 11.8 Å². The molecule has 3 rings (SSSR count). The number of cyclic esters (lactones) is 1. The normalized spacial score (nSPS) is 26.0. The van der Waals surface area contributed by atoms with Crippen LogP contribution < -0.4 is 0 Å². The lowest BCUT2D eigenvalue weighted by Gasteiger charge is -2.32. The van der Waals surface area contributed by atoms with Crippen LogP contribution in [0.5, 0.6) is 0 Å². The van der Waals surface area contributed by atoms with Crippen LogP contribution in [0.15, 0.2) is 42.5 Å². The van der Waals surface area contributed by atoms with Crippen molar-refractivity contribution >= 4 is 11.9 Å². The van der Waals surface area contributed by atoms with Gasteiger partial charge in [0.15, 0.2) is 0 Å². The van der Waals surface area contributed by atoms with Crippen LogP contribution in [0.3, 0.4) is 0 Å². The molecule has 0 N–H and O–H groups in total. The van der Waals surface area contributed by atoms with Crippen molar-refractivity contribution in [1.82, 2.24) is 0 Å². The third-order valence-corrected chi connectivity index (χ3v) is 6.20. The van der Waals surface area contributed by atoms with E-state index in [-0.39, 0.29) is 25.0 Å². The Hall–Kier alpha value is -2.10. The Morgan fingerprint density at radius 2 is 1.93 bits per heavy atom. The number of benzene rings is 1. The van der Waals surface area contributed by atoms with E-state index in [1.54, 1.807) is 0 Å². The summed E-state index contributed by atoms with van der Waals surface area (Å²) in [5, 5.41) is 0. The van der Waals surface area contributed by atoms with Gasteiger partial charge in [-0.25, -0.2) is 0 Å². The van der Waals surface area contributed by atoms with Crippen molar-refractivity contribution in [3.05, 3.63) is 48.0 Å². The van der Waals surface area contributed by atoms with Crippen molar-refractivity contribution in [3.63, 3.8) is 0 Å². The number of esters is 2. The Balaban J connectivity index is 1.59. The summed E-state index contributed by atoms with van der Waals surface area (Å²) < 4.78 is 11.0. The van der Waals surface area contributed by atoms with Gasteiger partial charge in [0, 0.05) is 0 Å². The standard InChI is InChI=1S/C23H30O4/c1-3-23(15-18-10-6-4-7-11-18)17(2)20(27-22(23)25)14-21(24)26-16-19-12-8-5-9-13-19/h5,8-9,12-13,18,20H,2-4,6-7,10-11,14-16H2,1H3/t20-,23?/m0/s1. The Morgan fingerprint density at radius 3 is 2.59 bits per heavy atom. The van der Waals surface area contributed by atoms with Crippen molar-refractivity contribution in [3.8, 4) is 0 Å². The Bertz CT molecular complexity index is 675. The van der Waals surface area contributed by atoms with E-state index in [0.717, 1.165) is 17.6 Å². The highest BCUT2D eigenvalue weighted by Gasteiger charge is 2.52. The third kappa shape index (κ3) is 4.42. The second-order valence-corrected chi connectivity index (χ2v) is 7.91. The average molecular weight is 370 g/mol. The molecule has 1 heterocycles. The van der Waals surface area contributed by atoms with E-state index in [2.05, 4.69) is 6.58 Å². The predicted molar refractivity (Wildman–Crippen MR) is 104 cm³/mol. The number of rotatable bonds is 7. The van der Waals surface area contributed by atoms with Gasteiger partial charge in [-0.1, -0.05) is 75.9 Å². The molecule has 2 atom stereocenters. The highest BCUT2D eigenvalue weighted by atomic mass is 16.6. The summed E-state index contributed by atoms with van der Waals surface area (Å²) in [5.74, 6) is -0.0180. The maximum Gasteiger partial charge on any atom is 0.316 e. The van der Waals surface area contributed by atoms with Gasteiger partial charge in [0.1, 0.15) is 12.7 Å². The summed E-state index contributed by atoms with van der Waals surface area (Å²) in [5.41, 5.74) is 1.07. The summed E-state index contributed by atoms with van der Waals surface area (Å²) in [6.45, 7) is 6.44. The van der Waals surface area contributed by atoms with E-state index in [9.17, 15) is 9.59 Å². The minimum atomic E-state index is -0.633. The van der Waals surface area contributed by atoms with E-state index >= 15 is 0 Å². The maximum atomic E-state index is 12.7. The highest BCUT2D eigenvalue weighted by molar-refractivity contribution is 5.85. The fraction of sp³-hybridized carbons (Fsp3) is 0.565. The van der Waals surface area contributed by atoms with Crippen LogP contribution in [0.2, 0.25) is 0 Å². The van der Waals surface area contributed by atoms with E-state index in [1.165, 1.54) is 32.1 Å². The summed E-state index contributed by atoms with van der Waals surface area (Å²) in [6, 6.07) is 9.56. The van der Waals surface area contributed by atoms with Crippen LogP contribution in [-0.2, 0) is 25.7 Å². The fourth-order valence-electron chi connectivity index (χ4n) is 4.48. The average Bonchev–Trinajstić information content (AvgIpc) is 2.92. The smallest absolute Gasteiger partial charge is 0.316 e. The number of hydrogen-bond donors (Lipinski definition) is 0. The van der Waals surface area contributed by atoms with Gasteiger partial charge in [-0.2, -0.15) is 0 Å². The number of hydrogen-bond acceptors (Lipinski definition) is 4. The minimum Gasteiger partial charge on any atom is -0.461 e. The second kappa shape index (κ2) is 8.73. The molecule has 2 fully saturated rings. The van der Waals surface area contributed by atoms with Gasteiger partial charge in [0.2, 0.25) is 0 Å². The van der Waals surface area contributed by atoms with E-state index in [4.69, 9.17) is 9.47 Å². The zero-order valence-corrected chi connectivity index (χ0v) is 16.2. The third-order valence-electron chi connectivity index (χ3n) is 6.20. The quantitative estimate of drug-likeness (QED) is 0.502. The molecule has 4 heteroatoms. The van der Waals surface area contributed by atoms with Gasteiger partial charge in [0.25, 0.3) is 0 Å². The van der Waals surface area contributed by atoms with Crippen molar-refractivity contribution in [2.45, 2.75) is 71.0 Å². The summed E-state index contributed by atoms with van der Waals surface area (Å²) >= 11 is 0. The first-order valence-corrected chi connectivity index (χ1v) is 10.1. The SMILES string of the molecule is C=C1[C@H](CC(=O)OCc2ccccc2)OC(=O)C1(CC)CC1CCCCC1. The maximum absolute atomic E-state index is 12.7. The van der Waals surface area contributed by atoms with Crippen LogP contribution in [0, 0.1) is 11.3 Å². The second-order valence-electron chi connectivity index (χ2n) is 7.91. The molecule has 1 aliphatic carbocycles. The molecule has 2 aliphatic rings. The first kappa shape index (κ1) is 19.7. The van der Waals surface area contributed by atoms with Crippen LogP contribution in [-0.4, -0.2) is 18.0 Å². The van der Waals surface area contributed by atoms with Crippen LogP contribution >= 0.6 is 0 Å². The molecule has 0 spiro atoms. The molecule has 0 amide bonds. The first-order valence-electron chi connectivity index (χ1n) is 10.1. The van der Waals surface area contributed by atoms with Gasteiger partial charge >= 0.3 is 11.9 Å². The molecule has 4 nitrogen and oxygen atoms in total. The van der Waals surface area contributed by atoms with Crippen molar-refractivity contribution in [2.75, 3.05) is 0 Å². The highest BCUT2D eigenvalue weighted by Crippen LogP contribution is 2.48. The molecule has 1 saturated heterocycles. The van der Waals surface area contributed by atoms with Gasteiger partial charge in [-0.3, -0.25) is 9.59 Å². The molecule has 1 saturated carbocycles. The predicted octanol–water partition coefficient (Wildman–Crippen LogP) is 4.97. The lowest BCUT2D eigenvalue weighted by molar-refractivity contribution is -0.153. The molecule has 1 unspecified atom stereocenters. The van der Waals surface area contributed by atoms with Gasteiger partial charge < -0.3 is 9.47 Å². The van der Waals surface area contributed by atoms with Crippen LogP contribution in [0.1, 0.15) is 63.9 Å². The minimum absolute atomic E-state index is 0.0455. The van der Waals surface area contributed by atoms with Crippen molar-refractivity contribution in [2.24, 2.45) is 11.3 Å². The molecule has 1 aliphatic heterocycles. The summed E-state index contributed by atoms with van der Waals surface area (Å²) in [4.78, 5) is 25.0. The van der Waals surface area contributed by atoms with E-state index < -0.39 is 11.5 Å². The topological polar surface area (TPSA) is 52.6 Å². The van der Waals surface area contributed by atoms with Crippen molar-refractivity contribution < 1.29 is 19.1 Å². The molecule has 1 aromatic rings. The number of carbonyl (C=O) groups is 2. The Kier molecular flexibility index (Phi) is 6.35. The number of carbonyl (C=O) groups excluding carboxylic acids is 2. The fourth-order valence-corrected chi connectivity index (χ4v) is 4.48. The van der Waals surface area contributed by atoms with Crippen LogP contribution in [0.4, 0.5) is 0 Å². The molecule has 1 aromatic carbocycles. The molecule has 146 valence electrons.